The van der Waals surface area contributed by atoms with Gasteiger partial charge in [0.05, 0.1) is 37.2 Å². The van der Waals surface area contributed by atoms with E-state index in [0.717, 1.165) is 37.7 Å². The fourth-order valence-corrected chi connectivity index (χ4v) is 9.69. The van der Waals surface area contributed by atoms with Crippen LogP contribution in [0.1, 0.15) is 90.5 Å². The zero-order chi connectivity index (χ0) is 46.1. The lowest BCUT2D eigenvalue weighted by Gasteiger charge is -2.49. The van der Waals surface area contributed by atoms with Crippen LogP contribution < -0.4 is 10.6 Å². The number of ether oxygens (including phenoxy) is 4. The lowest BCUT2D eigenvalue weighted by molar-refractivity contribution is -0.310. The Morgan fingerprint density at radius 2 is 1.69 bits per heavy atom. The SMILES string of the molecule is C#CC(=O)NCCCC(=O)C1CC(n2cc(-c3ccccc3)nn2)[C@@H](O[C@@H]2CC(C)[C@@H](O)[C@H](O)C2O)[C@H](O[C@@H]2O[C@@H](CO)[C@H](O)C(O[C@@H](CC3CCCCC3)C(=O)O)C2NC(C)=O)C1. The van der Waals surface area contributed by atoms with E-state index in [2.05, 4.69) is 20.9 Å². The van der Waals surface area contributed by atoms with Gasteiger partial charge < -0.3 is 60.2 Å². The number of carboxylic acids is 1. The molecule has 6 rings (SSSR count). The highest BCUT2D eigenvalue weighted by atomic mass is 16.7. The van der Waals surface area contributed by atoms with Crippen LogP contribution in [0.5, 0.6) is 0 Å². The molecule has 0 spiro atoms. The van der Waals surface area contributed by atoms with Gasteiger partial charge in [0.1, 0.15) is 54.1 Å². The first-order chi connectivity index (χ1) is 30.7. The molecule has 352 valence electrons. The summed E-state index contributed by atoms with van der Waals surface area (Å²) in [6.07, 6.45) is -2.89. The average molecular weight is 898 g/mol. The second-order valence-electron chi connectivity index (χ2n) is 17.8. The van der Waals surface area contributed by atoms with E-state index in [1.54, 1.807) is 17.8 Å². The Morgan fingerprint density at radius 1 is 0.953 bits per heavy atom. The molecule has 64 heavy (non-hydrogen) atoms. The van der Waals surface area contributed by atoms with Gasteiger partial charge in [0.2, 0.25) is 5.91 Å². The van der Waals surface area contributed by atoms with Gasteiger partial charge in [-0.15, -0.1) is 11.5 Å². The molecule has 3 saturated carbocycles. The van der Waals surface area contributed by atoms with E-state index in [1.807, 2.05) is 36.3 Å². The molecule has 3 aliphatic carbocycles. The third-order valence-electron chi connectivity index (χ3n) is 13.2. The predicted octanol–water partition coefficient (Wildman–Crippen LogP) is 0.648. The number of rotatable bonds is 18. The van der Waals surface area contributed by atoms with Crippen molar-refractivity contribution in [1.82, 2.24) is 25.6 Å². The number of aliphatic carboxylic acids is 1. The monoisotopic (exact) mass is 897 g/mol. The first-order valence-electron chi connectivity index (χ1n) is 22.4. The molecule has 2 amide bonds. The minimum atomic E-state index is -1.62. The highest BCUT2D eigenvalue weighted by Crippen LogP contribution is 2.42. The molecule has 0 bridgehead atoms. The maximum Gasteiger partial charge on any atom is 0.332 e. The molecule has 2 aromatic rings. The van der Waals surface area contributed by atoms with Crippen LogP contribution in [0, 0.1) is 30.1 Å². The maximum atomic E-state index is 14.2. The summed E-state index contributed by atoms with van der Waals surface area (Å²) in [6.45, 7) is 2.33. The van der Waals surface area contributed by atoms with E-state index in [9.17, 15) is 49.8 Å². The number of carbonyl (C=O) groups excluding carboxylic acids is 3. The summed E-state index contributed by atoms with van der Waals surface area (Å²) in [6, 6.07) is 7.04. The van der Waals surface area contributed by atoms with Crippen LogP contribution >= 0.6 is 0 Å². The van der Waals surface area contributed by atoms with Crippen molar-refractivity contribution in [2.24, 2.45) is 17.8 Å². The molecule has 19 nitrogen and oxygen atoms in total. The first kappa shape index (κ1) is 49.1. The fourth-order valence-electron chi connectivity index (χ4n) is 9.69. The number of nitrogens with zero attached hydrogens (tertiary/aromatic N) is 3. The summed E-state index contributed by atoms with van der Waals surface area (Å²) in [4.78, 5) is 51.5. The van der Waals surface area contributed by atoms with E-state index in [0.29, 0.717) is 5.69 Å². The van der Waals surface area contributed by atoms with E-state index < -0.39 is 116 Å². The molecule has 1 aliphatic heterocycles. The number of hydrogen-bond acceptors (Lipinski definition) is 15. The number of aromatic nitrogens is 3. The molecule has 8 N–H and O–H groups in total. The number of ketones is 1. The number of amides is 2. The van der Waals surface area contributed by atoms with Crippen molar-refractivity contribution in [3.8, 4) is 23.6 Å². The van der Waals surface area contributed by atoms with Crippen molar-refractivity contribution in [3.63, 3.8) is 0 Å². The minimum Gasteiger partial charge on any atom is -0.479 e. The first-order valence-corrected chi connectivity index (χ1v) is 22.4. The summed E-state index contributed by atoms with van der Waals surface area (Å²) in [5.74, 6) is -1.88. The summed E-state index contributed by atoms with van der Waals surface area (Å²) in [7, 11) is 0. The van der Waals surface area contributed by atoms with Crippen molar-refractivity contribution in [2.45, 2.75) is 164 Å². The van der Waals surface area contributed by atoms with Gasteiger partial charge in [-0.05, 0) is 49.9 Å². The molecule has 19 heteroatoms. The Hall–Kier alpha value is -4.36. The molecule has 1 aromatic heterocycles. The average Bonchev–Trinajstić information content (AvgIpc) is 3.79. The zero-order valence-electron chi connectivity index (χ0n) is 36.3. The maximum absolute atomic E-state index is 14.2. The van der Waals surface area contributed by atoms with Crippen molar-refractivity contribution < 1.29 is 68.8 Å². The summed E-state index contributed by atoms with van der Waals surface area (Å²) in [5, 5.41) is 79.5. The fraction of sp³-hybridized carbons (Fsp3) is 0.689. The van der Waals surface area contributed by atoms with Crippen molar-refractivity contribution in [3.05, 3.63) is 36.5 Å². The van der Waals surface area contributed by atoms with Gasteiger partial charge in [-0.1, -0.05) is 74.6 Å². The Kier molecular flexibility index (Phi) is 17.4. The van der Waals surface area contributed by atoms with E-state index in [-0.39, 0.29) is 56.8 Å². The minimum absolute atomic E-state index is 0.0234. The molecule has 1 aromatic carbocycles. The van der Waals surface area contributed by atoms with E-state index in [1.165, 1.54) is 6.92 Å². The van der Waals surface area contributed by atoms with Crippen molar-refractivity contribution in [2.75, 3.05) is 13.2 Å². The lowest BCUT2D eigenvalue weighted by atomic mass is 9.77. The summed E-state index contributed by atoms with van der Waals surface area (Å²) in [5.41, 5.74) is 1.25. The predicted molar refractivity (Wildman–Crippen MR) is 225 cm³/mol. The number of aliphatic hydroxyl groups is 5. The summed E-state index contributed by atoms with van der Waals surface area (Å²) < 4.78 is 27.5. The molecule has 6 unspecified atom stereocenters. The van der Waals surface area contributed by atoms with Gasteiger partial charge in [0.15, 0.2) is 12.4 Å². The van der Waals surface area contributed by atoms with Crippen LogP contribution in [0.25, 0.3) is 11.3 Å². The molecule has 0 radical (unpaired) electrons. The van der Waals surface area contributed by atoms with Gasteiger partial charge in [-0.25, -0.2) is 9.48 Å². The van der Waals surface area contributed by atoms with Crippen molar-refractivity contribution in [1.29, 1.82) is 0 Å². The molecule has 4 fully saturated rings. The number of terminal acetylenes is 1. The molecule has 4 aliphatic rings. The van der Waals surface area contributed by atoms with Gasteiger partial charge in [-0.2, -0.15) is 0 Å². The van der Waals surface area contributed by atoms with Gasteiger partial charge >= 0.3 is 5.97 Å². The Morgan fingerprint density at radius 3 is 2.36 bits per heavy atom. The number of nitrogens with one attached hydrogen (secondary N) is 2. The largest absolute Gasteiger partial charge is 0.479 e. The third-order valence-corrected chi connectivity index (χ3v) is 13.2. The highest BCUT2D eigenvalue weighted by Gasteiger charge is 2.53. The van der Waals surface area contributed by atoms with Gasteiger partial charge in [0.25, 0.3) is 5.91 Å². The Labute approximate surface area is 372 Å². The van der Waals surface area contributed by atoms with E-state index in [4.69, 9.17) is 25.4 Å². The number of hydrogen-bond donors (Lipinski definition) is 8. The van der Waals surface area contributed by atoms with E-state index >= 15 is 0 Å². The molecule has 2 heterocycles. The van der Waals surface area contributed by atoms with Crippen LogP contribution in [-0.2, 0) is 38.1 Å². The van der Waals surface area contributed by atoms with Crippen LogP contribution in [-0.4, -0.2) is 156 Å². The van der Waals surface area contributed by atoms with Gasteiger partial charge in [0, 0.05) is 31.4 Å². The van der Waals surface area contributed by atoms with Gasteiger partial charge in [-0.3, -0.25) is 14.4 Å². The number of carbonyl (C=O) groups is 4. The molecular formula is C45H63N5O14. The number of aliphatic hydroxyl groups excluding tert-OH is 5. The Bertz CT molecular complexity index is 1910. The third kappa shape index (κ3) is 12.1. The summed E-state index contributed by atoms with van der Waals surface area (Å²) >= 11 is 0. The highest BCUT2D eigenvalue weighted by molar-refractivity contribution is 5.92. The Balaban J connectivity index is 1.38. The molecular weight excluding hydrogens is 835 g/mol. The topological polar surface area (TPSA) is 281 Å². The molecule has 15 atom stereocenters. The standard InChI is InChI=1S/C45H63N5O14/c1-4-36(54)46-17-11-16-31(53)28-20-30(50-22-29(48-49-50)27-14-9-6-10-15-27)42(61-32-18-24(2)38(55)41(58)39(32)56)33(21-28)63-45-37(47-25(3)52)43(40(57)35(23-51)64-45)62-34(44(59)60)19-26-12-7-5-8-13-26/h1,6,9-10,14-15,22,24,26,28,30,32-35,37-43,45,51,55-58H,5,7-8,11-13,16-21,23H2,2-3H3,(H,46,54)(H,47,52)(H,59,60)/t24?,28?,30?,32-,33-,34+,35+,37?,38-,39?,40+,41+,42-,43?,45-/m1/s1. The smallest absolute Gasteiger partial charge is 0.332 e. The van der Waals surface area contributed by atoms with Crippen LogP contribution in [0.4, 0.5) is 0 Å². The van der Waals surface area contributed by atoms with Crippen LogP contribution in [0.15, 0.2) is 36.5 Å². The molecule has 1 saturated heterocycles. The lowest BCUT2D eigenvalue weighted by Crippen LogP contribution is -2.67. The normalized spacial score (nSPS) is 34.0. The quantitative estimate of drug-likeness (QED) is 0.0753. The second-order valence-corrected chi connectivity index (χ2v) is 17.8. The second kappa shape index (κ2) is 22.7. The van der Waals surface area contributed by atoms with Crippen LogP contribution in [0.3, 0.4) is 0 Å². The number of Topliss-reactive ketones (excluding diaryl/α,β-unsaturated/α-hetero) is 1. The zero-order valence-corrected chi connectivity index (χ0v) is 36.3. The number of carboxylic acid groups (broad SMARTS) is 1. The van der Waals surface area contributed by atoms with Crippen LogP contribution in [0.2, 0.25) is 0 Å². The number of benzene rings is 1. The van der Waals surface area contributed by atoms with Crippen molar-refractivity contribution >= 4 is 23.6 Å².